The maximum absolute atomic E-state index is 4.96. The largest absolute Gasteiger partial charge is 0.255 e. The minimum Gasteiger partial charge on any atom is -0.255 e. The molecule has 0 spiro atoms. The van der Waals surface area contributed by atoms with Crippen LogP contribution in [-0.4, -0.2) is 19.9 Å². The van der Waals surface area contributed by atoms with Crippen molar-refractivity contribution in [1.82, 2.24) is 19.9 Å². The highest BCUT2D eigenvalue weighted by atomic mass is 14.9. The number of fused-ring (bicyclic) bond motifs is 5. The van der Waals surface area contributed by atoms with Crippen LogP contribution in [0.25, 0.3) is 88.7 Å². The first-order valence-electron chi connectivity index (χ1n) is 16.1. The molecule has 0 unspecified atom stereocenters. The van der Waals surface area contributed by atoms with Gasteiger partial charge in [-0.25, -0.2) is 9.97 Å². The molecule has 0 radical (unpaired) electrons. The standard InChI is InChI=1S/C44H28N4/c1-2-12-29(13-3-1)36-26-38-35-17-7-5-15-33(35)37(27-39(38)34-16-6-4-14-32(34)36)30-20-22-31(23-21-30)44-47-42(40-18-8-10-24-45-40)28-43(48-44)41-19-9-11-25-46-41/h1-28H. The summed E-state index contributed by atoms with van der Waals surface area (Å²) in [5, 5.41) is 7.46. The van der Waals surface area contributed by atoms with Crippen molar-refractivity contribution in [2.75, 3.05) is 0 Å². The molecule has 0 aliphatic rings. The van der Waals surface area contributed by atoms with Crippen molar-refractivity contribution in [2.45, 2.75) is 0 Å². The molecule has 3 aromatic heterocycles. The number of hydrogen-bond acceptors (Lipinski definition) is 4. The van der Waals surface area contributed by atoms with Crippen LogP contribution in [0.3, 0.4) is 0 Å². The van der Waals surface area contributed by atoms with Crippen molar-refractivity contribution in [3.05, 3.63) is 170 Å². The SMILES string of the molecule is c1ccc(-c2cc3c4ccccc4c(-c4ccc(-c5nc(-c6ccccn6)cc(-c6ccccn6)n5)cc4)cc3c3ccccc23)cc1. The van der Waals surface area contributed by atoms with E-state index in [1.165, 1.54) is 49.0 Å². The van der Waals surface area contributed by atoms with E-state index in [-0.39, 0.29) is 0 Å². The summed E-state index contributed by atoms with van der Waals surface area (Å²) in [5.41, 5.74) is 8.83. The molecule has 0 saturated carbocycles. The quantitative estimate of drug-likeness (QED) is 0.181. The molecule has 6 aromatic carbocycles. The highest BCUT2D eigenvalue weighted by molar-refractivity contribution is 6.23. The first-order chi connectivity index (χ1) is 23.8. The van der Waals surface area contributed by atoms with Gasteiger partial charge in [-0.3, -0.25) is 9.97 Å². The van der Waals surface area contributed by atoms with Gasteiger partial charge in [0.15, 0.2) is 5.82 Å². The third-order valence-electron chi connectivity index (χ3n) is 9.00. The van der Waals surface area contributed by atoms with Crippen molar-refractivity contribution in [2.24, 2.45) is 0 Å². The molecule has 9 rings (SSSR count). The van der Waals surface area contributed by atoms with Crippen LogP contribution < -0.4 is 0 Å². The summed E-state index contributed by atoms with van der Waals surface area (Å²) in [7, 11) is 0. The van der Waals surface area contributed by atoms with Crippen molar-refractivity contribution < 1.29 is 0 Å². The van der Waals surface area contributed by atoms with Crippen LogP contribution in [0, 0.1) is 0 Å². The van der Waals surface area contributed by atoms with Gasteiger partial charge in [0.25, 0.3) is 0 Å². The van der Waals surface area contributed by atoms with E-state index in [9.17, 15) is 0 Å². The molecule has 0 fully saturated rings. The topological polar surface area (TPSA) is 51.6 Å². The highest BCUT2D eigenvalue weighted by Gasteiger charge is 2.16. The van der Waals surface area contributed by atoms with Crippen LogP contribution in [0.4, 0.5) is 0 Å². The van der Waals surface area contributed by atoms with Gasteiger partial charge in [-0.15, -0.1) is 0 Å². The second kappa shape index (κ2) is 11.7. The van der Waals surface area contributed by atoms with Crippen molar-refractivity contribution in [3.63, 3.8) is 0 Å². The molecule has 0 atom stereocenters. The summed E-state index contributed by atoms with van der Waals surface area (Å²) in [4.78, 5) is 19.0. The second-order valence-corrected chi connectivity index (χ2v) is 11.9. The zero-order valence-corrected chi connectivity index (χ0v) is 26.0. The first kappa shape index (κ1) is 27.8. The predicted octanol–water partition coefficient (Wildman–Crippen LogP) is 11.1. The smallest absolute Gasteiger partial charge is 0.160 e. The van der Waals surface area contributed by atoms with Crippen LogP contribution in [0.15, 0.2) is 170 Å². The number of aromatic nitrogens is 4. The monoisotopic (exact) mass is 612 g/mol. The number of rotatable bonds is 5. The number of pyridine rings is 2. The van der Waals surface area contributed by atoms with Crippen LogP contribution in [-0.2, 0) is 0 Å². The Morgan fingerprint density at radius 2 is 0.729 bits per heavy atom. The zero-order chi connectivity index (χ0) is 31.9. The Bertz CT molecular complexity index is 2520. The Morgan fingerprint density at radius 3 is 1.23 bits per heavy atom. The van der Waals surface area contributed by atoms with Crippen LogP contribution in [0.1, 0.15) is 0 Å². The lowest BCUT2D eigenvalue weighted by atomic mass is 9.87. The van der Waals surface area contributed by atoms with Gasteiger partial charge in [-0.2, -0.15) is 0 Å². The lowest BCUT2D eigenvalue weighted by molar-refractivity contribution is 1.15. The molecule has 0 saturated heterocycles. The fourth-order valence-electron chi connectivity index (χ4n) is 6.71. The van der Waals surface area contributed by atoms with E-state index >= 15 is 0 Å². The van der Waals surface area contributed by atoms with E-state index in [1.54, 1.807) is 12.4 Å². The lowest BCUT2D eigenvalue weighted by Gasteiger charge is -2.16. The van der Waals surface area contributed by atoms with Gasteiger partial charge in [0.1, 0.15) is 0 Å². The van der Waals surface area contributed by atoms with E-state index in [0.29, 0.717) is 5.82 Å². The van der Waals surface area contributed by atoms with E-state index in [1.807, 2.05) is 42.5 Å². The Balaban J connectivity index is 1.21. The van der Waals surface area contributed by atoms with Crippen molar-refractivity contribution >= 4 is 32.3 Å². The van der Waals surface area contributed by atoms with Crippen LogP contribution in [0.2, 0.25) is 0 Å². The summed E-state index contributed by atoms with van der Waals surface area (Å²) in [6.07, 6.45) is 3.57. The molecule has 4 nitrogen and oxygen atoms in total. The van der Waals surface area contributed by atoms with E-state index < -0.39 is 0 Å². The summed E-state index contributed by atoms with van der Waals surface area (Å²) < 4.78 is 0. The molecular formula is C44H28N4. The Kier molecular flexibility index (Phi) is 6.76. The normalized spacial score (nSPS) is 11.3. The highest BCUT2D eigenvalue weighted by Crippen LogP contribution is 2.42. The third-order valence-corrected chi connectivity index (χ3v) is 9.00. The van der Waals surface area contributed by atoms with Gasteiger partial charge < -0.3 is 0 Å². The van der Waals surface area contributed by atoms with Gasteiger partial charge in [0, 0.05) is 18.0 Å². The molecule has 0 bridgehead atoms. The molecule has 0 amide bonds. The molecule has 224 valence electrons. The molecule has 48 heavy (non-hydrogen) atoms. The number of hydrogen-bond donors (Lipinski definition) is 0. The van der Waals surface area contributed by atoms with E-state index in [2.05, 4.69) is 125 Å². The van der Waals surface area contributed by atoms with Gasteiger partial charge in [-0.05, 0) is 97.0 Å². The average molecular weight is 613 g/mol. The van der Waals surface area contributed by atoms with Gasteiger partial charge in [-0.1, -0.05) is 115 Å². The van der Waals surface area contributed by atoms with Gasteiger partial charge in [0.05, 0.1) is 22.8 Å². The molecule has 0 aliphatic carbocycles. The second-order valence-electron chi connectivity index (χ2n) is 11.9. The van der Waals surface area contributed by atoms with E-state index in [0.717, 1.165) is 33.9 Å². The van der Waals surface area contributed by atoms with Gasteiger partial charge >= 0.3 is 0 Å². The zero-order valence-electron chi connectivity index (χ0n) is 26.0. The molecule has 9 aromatic rings. The Hall–Kier alpha value is -6.52. The van der Waals surface area contributed by atoms with Crippen molar-refractivity contribution in [3.8, 4) is 56.4 Å². The van der Waals surface area contributed by atoms with Gasteiger partial charge in [0.2, 0.25) is 0 Å². The maximum Gasteiger partial charge on any atom is 0.160 e. The lowest BCUT2D eigenvalue weighted by Crippen LogP contribution is -1.97. The molecular weight excluding hydrogens is 585 g/mol. The molecule has 4 heteroatoms. The fourth-order valence-corrected chi connectivity index (χ4v) is 6.71. The van der Waals surface area contributed by atoms with E-state index in [4.69, 9.17) is 9.97 Å². The number of nitrogens with zero attached hydrogens (tertiary/aromatic N) is 4. The Morgan fingerprint density at radius 1 is 0.292 bits per heavy atom. The first-order valence-corrected chi connectivity index (χ1v) is 16.1. The molecule has 3 heterocycles. The summed E-state index contributed by atoms with van der Waals surface area (Å²) in [5.74, 6) is 0.633. The minimum absolute atomic E-state index is 0.633. The van der Waals surface area contributed by atoms with Crippen LogP contribution >= 0.6 is 0 Å². The number of benzene rings is 6. The average Bonchev–Trinajstić information content (AvgIpc) is 3.18. The fraction of sp³-hybridized carbons (Fsp3) is 0. The predicted molar refractivity (Wildman–Crippen MR) is 197 cm³/mol. The maximum atomic E-state index is 4.96. The summed E-state index contributed by atoms with van der Waals surface area (Å²) >= 11 is 0. The summed E-state index contributed by atoms with van der Waals surface area (Å²) in [6.45, 7) is 0. The van der Waals surface area contributed by atoms with Crippen molar-refractivity contribution in [1.29, 1.82) is 0 Å². The van der Waals surface area contributed by atoms with Crippen LogP contribution in [0.5, 0.6) is 0 Å². The Labute approximate surface area is 278 Å². The third kappa shape index (κ3) is 4.88. The minimum atomic E-state index is 0.633. The molecule has 0 N–H and O–H groups in total. The summed E-state index contributed by atoms with van der Waals surface area (Å²) in [6, 6.07) is 55.1. The molecule has 0 aliphatic heterocycles.